The highest BCUT2D eigenvalue weighted by molar-refractivity contribution is 7.89. The summed E-state index contributed by atoms with van der Waals surface area (Å²) >= 11 is 7.15. The van der Waals surface area contributed by atoms with E-state index < -0.39 is 10.0 Å². The summed E-state index contributed by atoms with van der Waals surface area (Å²) in [5.74, 6) is 0.650. The molecule has 1 N–H and O–H groups in total. The van der Waals surface area contributed by atoms with Gasteiger partial charge in [-0.1, -0.05) is 11.6 Å². The Kier molecular flexibility index (Phi) is 5.04. The second kappa shape index (κ2) is 6.58. The topological polar surface area (TPSA) is 55.4 Å². The fourth-order valence-electron chi connectivity index (χ4n) is 1.58. The number of ether oxygens (including phenoxy) is 1. The molecule has 0 fully saturated rings. The third-order valence-corrected chi connectivity index (χ3v) is 5.16. The van der Waals surface area contributed by atoms with Crippen molar-refractivity contribution in [2.75, 3.05) is 6.61 Å². The predicted molar refractivity (Wildman–Crippen MR) is 81.0 cm³/mol. The Bertz CT molecular complexity index is 665. The van der Waals surface area contributed by atoms with Gasteiger partial charge in [0, 0.05) is 11.4 Å². The number of thiophene rings is 1. The fraction of sp³-hybridized carbons (Fsp3) is 0.231. The van der Waals surface area contributed by atoms with Gasteiger partial charge in [0.2, 0.25) is 10.0 Å². The minimum absolute atomic E-state index is 0.212. The average molecular weight is 332 g/mol. The van der Waals surface area contributed by atoms with E-state index in [1.54, 1.807) is 24.3 Å². The Morgan fingerprint density at radius 3 is 2.45 bits per heavy atom. The molecule has 0 saturated carbocycles. The molecule has 2 rings (SSSR count). The molecular formula is C13H14ClNO3S2. The van der Waals surface area contributed by atoms with Crippen LogP contribution in [-0.4, -0.2) is 15.0 Å². The predicted octanol–water partition coefficient (Wildman–Crippen LogP) is 3.28. The van der Waals surface area contributed by atoms with E-state index in [-0.39, 0.29) is 11.4 Å². The summed E-state index contributed by atoms with van der Waals surface area (Å²) in [4.78, 5) is 1.08. The standard InChI is InChI=1S/C13H14ClNO3S2/c1-2-18-10-3-6-12(7-4-10)20(16,17)15-9-11-5-8-13(14)19-11/h3-8,15H,2,9H2,1H3. The second-order valence-electron chi connectivity index (χ2n) is 3.93. The van der Waals surface area contributed by atoms with Crippen molar-refractivity contribution in [3.8, 4) is 5.75 Å². The smallest absolute Gasteiger partial charge is 0.240 e. The van der Waals surface area contributed by atoms with Crippen molar-refractivity contribution in [3.63, 3.8) is 0 Å². The summed E-state index contributed by atoms with van der Waals surface area (Å²) in [6.07, 6.45) is 0. The van der Waals surface area contributed by atoms with Gasteiger partial charge in [0.05, 0.1) is 15.8 Å². The molecular weight excluding hydrogens is 318 g/mol. The van der Waals surface area contributed by atoms with Crippen LogP contribution in [0, 0.1) is 0 Å². The number of benzene rings is 1. The molecule has 7 heteroatoms. The van der Waals surface area contributed by atoms with Crippen molar-refractivity contribution in [3.05, 3.63) is 45.6 Å². The van der Waals surface area contributed by atoms with Crippen molar-refractivity contribution in [1.82, 2.24) is 4.72 Å². The minimum Gasteiger partial charge on any atom is -0.494 e. The van der Waals surface area contributed by atoms with Crippen LogP contribution in [0.1, 0.15) is 11.8 Å². The molecule has 4 nitrogen and oxygen atoms in total. The number of rotatable bonds is 6. The molecule has 2 aromatic rings. The molecule has 20 heavy (non-hydrogen) atoms. The Balaban J connectivity index is 2.05. The molecule has 0 atom stereocenters. The number of sulfonamides is 1. The summed E-state index contributed by atoms with van der Waals surface area (Å²) < 4.78 is 32.7. The minimum atomic E-state index is -3.52. The summed E-state index contributed by atoms with van der Waals surface area (Å²) in [6, 6.07) is 9.87. The first-order chi connectivity index (χ1) is 9.51. The van der Waals surface area contributed by atoms with Crippen molar-refractivity contribution in [1.29, 1.82) is 0 Å². The third kappa shape index (κ3) is 3.96. The van der Waals surface area contributed by atoms with Crippen molar-refractivity contribution >= 4 is 33.0 Å². The summed E-state index contributed by atoms with van der Waals surface area (Å²) in [5.41, 5.74) is 0. The van der Waals surface area contributed by atoms with Crippen LogP contribution in [0.2, 0.25) is 4.34 Å². The van der Waals surface area contributed by atoms with Crippen LogP contribution in [0.4, 0.5) is 0 Å². The lowest BCUT2D eigenvalue weighted by atomic mass is 10.3. The van der Waals surface area contributed by atoms with Gasteiger partial charge < -0.3 is 4.74 Å². The van der Waals surface area contributed by atoms with Crippen LogP contribution in [0.3, 0.4) is 0 Å². The highest BCUT2D eigenvalue weighted by atomic mass is 35.5. The number of hydrogen-bond donors (Lipinski definition) is 1. The molecule has 0 aliphatic rings. The van der Waals surface area contributed by atoms with Crippen molar-refractivity contribution < 1.29 is 13.2 Å². The first-order valence-corrected chi connectivity index (χ1v) is 8.66. The molecule has 0 amide bonds. The van der Waals surface area contributed by atoms with Crippen LogP contribution >= 0.6 is 22.9 Å². The molecule has 108 valence electrons. The first kappa shape index (κ1) is 15.3. The van der Waals surface area contributed by atoms with E-state index >= 15 is 0 Å². The van der Waals surface area contributed by atoms with Crippen LogP contribution in [0.25, 0.3) is 0 Å². The van der Waals surface area contributed by atoms with Gasteiger partial charge in [-0.25, -0.2) is 13.1 Å². The molecule has 0 radical (unpaired) electrons. The molecule has 1 heterocycles. The molecule has 0 aliphatic carbocycles. The number of halogens is 1. The van der Waals surface area contributed by atoms with E-state index in [0.717, 1.165) is 4.88 Å². The molecule has 0 saturated heterocycles. The molecule has 1 aromatic carbocycles. The zero-order valence-electron chi connectivity index (χ0n) is 10.8. The highest BCUT2D eigenvalue weighted by Crippen LogP contribution is 2.22. The Hall–Kier alpha value is -1.08. The SMILES string of the molecule is CCOc1ccc(S(=O)(=O)NCc2ccc(Cl)s2)cc1. The number of hydrogen-bond acceptors (Lipinski definition) is 4. The average Bonchev–Trinajstić information content (AvgIpc) is 2.84. The van der Waals surface area contributed by atoms with Gasteiger partial charge in [-0.2, -0.15) is 0 Å². The van der Waals surface area contributed by atoms with Gasteiger partial charge in [-0.05, 0) is 43.3 Å². The van der Waals surface area contributed by atoms with Crippen molar-refractivity contribution in [2.45, 2.75) is 18.4 Å². The van der Waals surface area contributed by atoms with Crippen molar-refractivity contribution in [2.24, 2.45) is 0 Å². The van der Waals surface area contributed by atoms with Gasteiger partial charge in [0.15, 0.2) is 0 Å². The maximum absolute atomic E-state index is 12.1. The van der Waals surface area contributed by atoms with Gasteiger partial charge in [-0.3, -0.25) is 0 Å². The van der Waals surface area contributed by atoms with Crippen LogP contribution in [-0.2, 0) is 16.6 Å². The normalized spacial score (nSPS) is 11.5. The summed E-state index contributed by atoms with van der Waals surface area (Å²) in [5, 5.41) is 0. The Labute approximate surface area is 127 Å². The van der Waals surface area contributed by atoms with Gasteiger partial charge >= 0.3 is 0 Å². The number of nitrogens with one attached hydrogen (secondary N) is 1. The molecule has 0 unspecified atom stereocenters. The quantitative estimate of drug-likeness (QED) is 0.883. The molecule has 0 spiro atoms. The van der Waals surface area contributed by atoms with E-state index in [4.69, 9.17) is 16.3 Å². The fourth-order valence-corrected chi connectivity index (χ4v) is 3.70. The monoisotopic (exact) mass is 331 g/mol. The van der Waals surface area contributed by atoms with E-state index in [2.05, 4.69) is 4.72 Å². The second-order valence-corrected chi connectivity index (χ2v) is 7.50. The Morgan fingerprint density at radius 1 is 1.20 bits per heavy atom. The zero-order valence-corrected chi connectivity index (χ0v) is 13.2. The van der Waals surface area contributed by atoms with E-state index in [1.807, 2.05) is 6.92 Å². The van der Waals surface area contributed by atoms with Gasteiger partial charge in [-0.15, -0.1) is 11.3 Å². The van der Waals surface area contributed by atoms with Crippen LogP contribution in [0.15, 0.2) is 41.3 Å². The maximum Gasteiger partial charge on any atom is 0.240 e. The van der Waals surface area contributed by atoms with Gasteiger partial charge in [0.25, 0.3) is 0 Å². The summed E-state index contributed by atoms with van der Waals surface area (Å²) in [6.45, 7) is 2.65. The van der Waals surface area contributed by atoms with Crippen LogP contribution < -0.4 is 9.46 Å². The lowest BCUT2D eigenvalue weighted by Crippen LogP contribution is -2.22. The molecule has 1 aromatic heterocycles. The zero-order chi connectivity index (χ0) is 14.6. The largest absolute Gasteiger partial charge is 0.494 e. The highest BCUT2D eigenvalue weighted by Gasteiger charge is 2.14. The Morgan fingerprint density at radius 2 is 1.90 bits per heavy atom. The van der Waals surface area contributed by atoms with Crippen LogP contribution in [0.5, 0.6) is 5.75 Å². The third-order valence-electron chi connectivity index (χ3n) is 2.51. The molecule has 0 bridgehead atoms. The first-order valence-electron chi connectivity index (χ1n) is 5.98. The van der Waals surface area contributed by atoms with Gasteiger partial charge in [0.1, 0.15) is 5.75 Å². The lowest BCUT2D eigenvalue weighted by molar-refractivity contribution is 0.340. The maximum atomic E-state index is 12.1. The summed E-state index contributed by atoms with van der Waals surface area (Å²) in [7, 11) is -3.52. The van der Waals surface area contributed by atoms with E-state index in [0.29, 0.717) is 16.7 Å². The lowest BCUT2D eigenvalue weighted by Gasteiger charge is -2.07. The van der Waals surface area contributed by atoms with E-state index in [9.17, 15) is 8.42 Å². The van der Waals surface area contributed by atoms with E-state index in [1.165, 1.54) is 23.5 Å². The molecule has 0 aliphatic heterocycles.